The van der Waals surface area contributed by atoms with Gasteiger partial charge in [-0.1, -0.05) is 19.4 Å². The van der Waals surface area contributed by atoms with Gasteiger partial charge in [-0.25, -0.2) is 0 Å². The molecule has 0 aliphatic heterocycles. The maximum absolute atomic E-state index is 9.28. The van der Waals surface area contributed by atoms with Crippen LogP contribution in [-0.4, -0.2) is 24.4 Å². The number of aliphatic hydroxyl groups excluding tert-OH is 1. The van der Waals surface area contributed by atoms with Gasteiger partial charge >= 0.3 is 0 Å². The van der Waals surface area contributed by atoms with Gasteiger partial charge in [0.1, 0.15) is 0 Å². The number of methoxy groups -OCH3 is 1. The molecule has 0 radical (unpaired) electrons. The van der Waals surface area contributed by atoms with E-state index in [-0.39, 0.29) is 5.75 Å². The Hall–Kier alpha value is -1.22. The second kappa shape index (κ2) is 7.21. The zero-order valence-corrected chi connectivity index (χ0v) is 8.95. The lowest BCUT2D eigenvalue weighted by Gasteiger charge is -2.05. The molecule has 0 heterocycles. The van der Waals surface area contributed by atoms with Crippen LogP contribution >= 0.6 is 0 Å². The summed E-state index contributed by atoms with van der Waals surface area (Å²) in [7, 11) is 2.56. The molecule has 0 saturated carbocycles. The zero-order valence-electron chi connectivity index (χ0n) is 8.95. The molecule has 0 spiro atoms. The van der Waals surface area contributed by atoms with Crippen LogP contribution in [0, 0.1) is 0 Å². The van der Waals surface area contributed by atoms with E-state index in [2.05, 4.69) is 6.92 Å². The van der Waals surface area contributed by atoms with E-state index < -0.39 is 0 Å². The molecule has 0 unspecified atom stereocenters. The molecule has 1 rings (SSSR count). The first kappa shape index (κ1) is 12.8. The highest BCUT2D eigenvalue weighted by atomic mass is 16.5. The third kappa shape index (κ3) is 3.66. The molecule has 1 aromatic rings. The minimum Gasteiger partial charge on any atom is -0.504 e. The molecule has 3 heteroatoms. The van der Waals surface area contributed by atoms with Crippen molar-refractivity contribution in [3.05, 3.63) is 23.8 Å². The van der Waals surface area contributed by atoms with E-state index >= 15 is 0 Å². The van der Waals surface area contributed by atoms with Crippen LogP contribution in [0.15, 0.2) is 18.2 Å². The molecular formula is C11H18O3. The zero-order chi connectivity index (χ0) is 11.0. The number of aromatic hydroxyl groups is 1. The van der Waals surface area contributed by atoms with Gasteiger partial charge in [-0.15, -0.1) is 0 Å². The molecule has 0 aliphatic carbocycles. The van der Waals surface area contributed by atoms with Gasteiger partial charge in [-0.05, 0) is 24.1 Å². The summed E-state index contributed by atoms with van der Waals surface area (Å²) in [4.78, 5) is 0. The van der Waals surface area contributed by atoms with Crippen LogP contribution in [0.25, 0.3) is 0 Å². The Kier molecular flexibility index (Phi) is 6.58. The summed E-state index contributed by atoms with van der Waals surface area (Å²) in [5.74, 6) is 0.762. The molecule has 80 valence electrons. The van der Waals surface area contributed by atoms with Gasteiger partial charge in [0.15, 0.2) is 11.5 Å². The average Bonchev–Trinajstić information content (AvgIpc) is 2.24. The summed E-state index contributed by atoms with van der Waals surface area (Å²) >= 11 is 0. The number of phenols is 1. The second-order valence-electron chi connectivity index (χ2n) is 2.76. The van der Waals surface area contributed by atoms with Crippen molar-refractivity contribution in [3.63, 3.8) is 0 Å². The number of aryl methyl sites for hydroxylation is 1. The van der Waals surface area contributed by atoms with E-state index in [1.807, 2.05) is 12.1 Å². The van der Waals surface area contributed by atoms with Crippen molar-refractivity contribution in [2.75, 3.05) is 14.2 Å². The quantitative estimate of drug-likeness (QED) is 0.780. The van der Waals surface area contributed by atoms with E-state index in [1.54, 1.807) is 13.2 Å². The number of rotatable bonds is 3. The molecule has 3 nitrogen and oxygen atoms in total. The van der Waals surface area contributed by atoms with Gasteiger partial charge in [0.25, 0.3) is 0 Å². The number of phenolic OH excluding ortho intramolecular Hbond substituents is 1. The number of hydrogen-bond donors (Lipinski definition) is 2. The van der Waals surface area contributed by atoms with E-state index in [9.17, 15) is 5.11 Å². The van der Waals surface area contributed by atoms with Crippen LogP contribution in [-0.2, 0) is 6.42 Å². The smallest absolute Gasteiger partial charge is 0.160 e. The molecule has 0 atom stereocenters. The number of ether oxygens (including phenoxy) is 1. The second-order valence-corrected chi connectivity index (χ2v) is 2.76. The minimum absolute atomic E-state index is 0.206. The SMILES string of the molecule is CCCc1ccc(O)c(OC)c1.CO. The largest absolute Gasteiger partial charge is 0.504 e. The Morgan fingerprint density at radius 3 is 2.43 bits per heavy atom. The number of hydrogen-bond acceptors (Lipinski definition) is 3. The van der Waals surface area contributed by atoms with Gasteiger partial charge in [0.2, 0.25) is 0 Å². The Balaban J connectivity index is 0.000000791. The molecule has 0 aliphatic rings. The summed E-state index contributed by atoms with van der Waals surface area (Å²) in [6.07, 6.45) is 2.13. The Morgan fingerprint density at radius 2 is 1.93 bits per heavy atom. The van der Waals surface area contributed by atoms with Gasteiger partial charge in [0, 0.05) is 7.11 Å². The molecule has 2 N–H and O–H groups in total. The van der Waals surface area contributed by atoms with Crippen molar-refractivity contribution < 1.29 is 14.9 Å². The van der Waals surface area contributed by atoms with Crippen molar-refractivity contribution in [1.82, 2.24) is 0 Å². The third-order valence-corrected chi connectivity index (χ3v) is 1.78. The Labute approximate surface area is 85.0 Å². The van der Waals surface area contributed by atoms with Crippen LogP contribution in [0.1, 0.15) is 18.9 Å². The highest BCUT2D eigenvalue weighted by Gasteiger charge is 2.00. The first-order valence-corrected chi connectivity index (χ1v) is 4.58. The molecule has 0 bridgehead atoms. The van der Waals surface area contributed by atoms with Crippen LogP contribution in [0.4, 0.5) is 0 Å². The van der Waals surface area contributed by atoms with Crippen LogP contribution in [0.3, 0.4) is 0 Å². The van der Waals surface area contributed by atoms with E-state index in [4.69, 9.17) is 9.84 Å². The van der Waals surface area contributed by atoms with Gasteiger partial charge in [-0.2, -0.15) is 0 Å². The van der Waals surface area contributed by atoms with Crippen molar-refractivity contribution in [2.45, 2.75) is 19.8 Å². The van der Waals surface area contributed by atoms with E-state index in [0.29, 0.717) is 5.75 Å². The average molecular weight is 198 g/mol. The summed E-state index contributed by atoms with van der Waals surface area (Å²) in [5, 5.41) is 16.3. The molecule has 1 aromatic carbocycles. The Morgan fingerprint density at radius 1 is 1.29 bits per heavy atom. The monoisotopic (exact) mass is 198 g/mol. The van der Waals surface area contributed by atoms with Gasteiger partial charge in [0.05, 0.1) is 7.11 Å². The molecule has 0 aromatic heterocycles. The van der Waals surface area contributed by atoms with Crippen molar-refractivity contribution in [1.29, 1.82) is 0 Å². The molecular weight excluding hydrogens is 180 g/mol. The highest BCUT2D eigenvalue weighted by Crippen LogP contribution is 2.26. The molecule has 0 amide bonds. The Bertz CT molecular complexity index is 259. The molecule has 0 fully saturated rings. The first-order chi connectivity index (χ1) is 6.77. The van der Waals surface area contributed by atoms with E-state index in [1.165, 1.54) is 5.56 Å². The van der Waals surface area contributed by atoms with Crippen molar-refractivity contribution >= 4 is 0 Å². The normalized spacial score (nSPS) is 8.86. The summed E-state index contributed by atoms with van der Waals surface area (Å²) in [6, 6.07) is 5.46. The number of aliphatic hydroxyl groups is 1. The van der Waals surface area contributed by atoms with Crippen LogP contribution in [0.2, 0.25) is 0 Å². The van der Waals surface area contributed by atoms with Crippen LogP contribution < -0.4 is 4.74 Å². The predicted molar refractivity (Wildman–Crippen MR) is 56.8 cm³/mol. The first-order valence-electron chi connectivity index (χ1n) is 4.58. The maximum atomic E-state index is 9.28. The molecule has 0 saturated heterocycles. The third-order valence-electron chi connectivity index (χ3n) is 1.78. The highest BCUT2D eigenvalue weighted by molar-refractivity contribution is 5.41. The van der Waals surface area contributed by atoms with Crippen molar-refractivity contribution in [3.8, 4) is 11.5 Å². The van der Waals surface area contributed by atoms with Gasteiger partial charge < -0.3 is 14.9 Å². The summed E-state index contributed by atoms with van der Waals surface area (Å²) < 4.78 is 4.98. The topological polar surface area (TPSA) is 49.7 Å². The fourth-order valence-corrected chi connectivity index (χ4v) is 1.17. The lowest BCUT2D eigenvalue weighted by atomic mass is 10.1. The lowest BCUT2D eigenvalue weighted by molar-refractivity contribution is 0.373. The fourth-order valence-electron chi connectivity index (χ4n) is 1.17. The maximum Gasteiger partial charge on any atom is 0.160 e. The summed E-state index contributed by atoms with van der Waals surface area (Å²) in [5.41, 5.74) is 1.20. The summed E-state index contributed by atoms with van der Waals surface area (Å²) in [6.45, 7) is 2.12. The van der Waals surface area contributed by atoms with Crippen molar-refractivity contribution in [2.24, 2.45) is 0 Å². The van der Waals surface area contributed by atoms with Gasteiger partial charge in [-0.3, -0.25) is 0 Å². The number of benzene rings is 1. The van der Waals surface area contributed by atoms with Crippen LogP contribution in [0.5, 0.6) is 11.5 Å². The minimum atomic E-state index is 0.206. The fraction of sp³-hybridized carbons (Fsp3) is 0.455. The predicted octanol–water partition coefficient (Wildman–Crippen LogP) is 1.96. The lowest BCUT2D eigenvalue weighted by Crippen LogP contribution is -1.87. The standard InChI is InChI=1S/C10H14O2.CH4O/c1-3-4-8-5-6-9(11)10(7-8)12-2;1-2/h5-7,11H,3-4H2,1-2H3;2H,1H3. The van der Waals surface area contributed by atoms with E-state index in [0.717, 1.165) is 20.0 Å². The molecule has 14 heavy (non-hydrogen) atoms.